The summed E-state index contributed by atoms with van der Waals surface area (Å²) in [4.78, 5) is 39.0. The third kappa shape index (κ3) is 2.43. The zero-order valence-corrected chi connectivity index (χ0v) is 16.4. The molecule has 3 fully saturated rings. The fraction of sp³-hybridized carbons (Fsp3) is 0.364. The zero-order chi connectivity index (χ0) is 21.3. The standard InChI is InChI=1S/C22H19N5O4/c28-21-17-13-10-14(18(17)22(29)25(21)11-12-6-2-1-3-7-12)20-19(13)23-24-26(20)15-8-4-5-9-16(15)27(30)31/h1-9,13-14,17-20H,10-11H2/t13-,14-,17-,18-,19+,20+/m0/s1. The molecule has 2 bridgehead atoms. The maximum Gasteiger partial charge on any atom is 0.294 e. The number of anilines is 1. The lowest BCUT2D eigenvalue weighted by Gasteiger charge is -2.33. The number of fused-ring (bicyclic) bond motifs is 8. The number of nitro groups is 1. The van der Waals surface area contributed by atoms with Gasteiger partial charge in [-0.1, -0.05) is 47.7 Å². The van der Waals surface area contributed by atoms with Gasteiger partial charge in [-0.3, -0.25) is 24.6 Å². The van der Waals surface area contributed by atoms with Crippen LogP contribution in [0.5, 0.6) is 0 Å². The van der Waals surface area contributed by atoms with Gasteiger partial charge in [0.2, 0.25) is 11.8 Å². The van der Waals surface area contributed by atoms with Crippen LogP contribution in [0.25, 0.3) is 0 Å². The Bertz CT molecular complexity index is 1140. The lowest BCUT2D eigenvalue weighted by molar-refractivity contribution is -0.384. The summed E-state index contributed by atoms with van der Waals surface area (Å²) in [6, 6.07) is 15.5. The van der Waals surface area contributed by atoms with Crippen LogP contribution < -0.4 is 5.01 Å². The molecule has 2 aliphatic carbocycles. The first-order chi connectivity index (χ1) is 15.1. The van der Waals surface area contributed by atoms with Crippen LogP contribution in [0.15, 0.2) is 64.9 Å². The summed E-state index contributed by atoms with van der Waals surface area (Å²) in [6.07, 6.45) is 0.720. The van der Waals surface area contributed by atoms with Gasteiger partial charge in [0.05, 0.1) is 35.4 Å². The number of nitrogens with zero attached hydrogens (tertiary/aromatic N) is 5. The molecule has 6 atom stereocenters. The van der Waals surface area contributed by atoms with Crippen molar-refractivity contribution >= 4 is 23.2 Å². The van der Waals surface area contributed by atoms with E-state index >= 15 is 0 Å². The monoisotopic (exact) mass is 417 g/mol. The SMILES string of the molecule is O=C1[C@H]2[C@@H]3C[C@@H]([C@@H]2C(=O)N1Cc1ccccc1)[C@@H]1[C@@H]3N=NN1c1ccccc1[N+](=O)[O-]. The second-order valence-corrected chi connectivity index (χ2v) is 8.64. The quantitative estimate of drug-likeness (QED) is 0.432. The Labute approximate surface area is 177 Å². The van der Waals surface area contributed by atoms with E-state index in [0.717, 1.165) is 12.0 Å². The number of carbonyl (C=O) groups excluding carboxylic acids is 2. The molecule has 9 nitrogen and oxygen atoms in total. The van der Waals surface area contributed by atoms with E-state index in [1.807, 2.05) is 30.3 Å². The number of amides is 2. The number of nitro benzene ring substituents is 1. The fourth-order valence-electron chi connectivity index (χ4n) is 6.09. The molecule has 4 aliphatic rings. The Morgan fingerprint density at radius 3 is 2.39 bits per heavy atom. The molecule has 0 radical (unpaired) electrons. The molecule has 0 unspecified atom stereocenters. The Balaban J connectivity index is 1.32. The second-order valence-electron chi connectivity index (χ2n) is 8.64. The number of carbonyl (C=O) groups is 2. The molecule has 1 saturated heterocycles. The third-order valence-corrected chi connectivity index (χ3v) is 7.26. The van der Waals surface area contributed by atoms with Crippen LogP contribution in [0, 0.1) is 33.8 Å². The number of para-hydroxylation sites is 2. The van der Waals surface area contributed by atoms with Crippen molar-refractivity contribution in [3.05, 3.63) is 70.3 Å². The molecular formula is C22H19N5O4. The molecule has 0 aromatic heterocycles. The van der Waals surface area contributed by atoms with E-state index in [1.165, 1.54) is 11.0 Å². The highest BCUT2D eigenvalue weighted by atomic mass is 16.6. The van der Waals surface area contributed by atoms with Crippen LogP contribution in [0.2, 0.25) is 0 Å². The average Bonchev–Trinajstić information content (AvgIpc) is 3.51. The van der Waals surface area contributed by atoms with Gasteiger partial charge in [0, 0.05) is 6.07 Å². The minimum absolute atomic E-state index is 0.0408. The van der Waals surface area contributed by atoms with Crippen molar-refractivity contribution in [1.29, 1.82) is 0 Å². The predicted molar refractivity (Wildman–Crippen MR) is 109 cm³/mol. The van der Waals surface area contributed by atoms with Crippen LogP contribution in [-0.2, 0) is 16.1 Å². The van der Waals surface area contributed by atoms with Crippen molar-refractivity contribution in [1.82, 2.24) is 4.90 Å². The summed E-state index contributed by atoms with van der Waals surface area (Å²) in [5.74, 6) is -1.20. The molecule has 0 spiro atoms. The Morgan fingerprint density at radius 2 is 1.65 bits per heavy atom. The van der Waals surface area contributed by atoms with Gasteiger partial charge in [0.1, 0.15) is 5.69 Å². The van der Waals surface area contributed by atoms with Crippen LogP contribution in [-0.4, -0.2) is 33.7 Å². The van der Waals surface area contributed by atoms with Crippen LogP contribution in [0.4, 0.5) is 11.4 Å². The summed E-state index contributed by atoms with van der Waals surface area (Å²) >= 11 is 0. The largest absolute Gasteiger partial charge is 0.294 e. The van der Waals surface area contributed by atoms with E-state index in [0.29, 0.717) is 5.69 Å². The van der Waals surface area contributed by atoms with Gasteiger partial charge in [-0.25, -0.2) is 5.01 Å². The zero-order valence-electron chi connectivity index (χ0n) is 16.4. The van der Waals surface area contributed by atoms with Gasteiger partial charge >= 0.3 is 0 Å². The first-order valence-electron chi connectivity index (χ1n) is 10.4. The summed E-state index contributed by atoms with van der Waals surface area (Å²) in [6.45, 7) is 0.273. The number of benzene rings is 2. The van der Waals surface area contributed by atoms with Crippen molar-refractivity contribution in [2.24, 2.45) is 34.0 Å². The van der Waals surface area contributed by atoms with Gasteiger partial charge in [-0.05, 0) is 29.9 Å². The molecule has 156 valence electrons. The van der Waals surface area contributed by atoms with E-state index in [2.05, 4.69) is 10.3 Å². The Kier molecular flexibility index (Phi) is 3.77. The van der Waals surface area contributed by atoms with Gasteiger partial charge in [0.25, 0.3) is 5.69 Å². The van der Waals surface area contributed by atoms with Crippen LogP contribution in [0.1, 0.15) is 12.0 Å². The highest BCUT2D eigenvalue weighted by Gasteiger charge is 2.70. The Morgan fingerprint density at radius 1 is 0.968 bits per heavy atom. The maximum absolute atomic E-state index is 13.3. The Hall–Kier alpha value is -3.62. The van der Waals surface area contributed by atoms with E-state index in [9.17, 15) is 19.7 Å². The molecule has 0 N–H and O–H groups in total. The number of rotatable bonds is 4. The molecule has 6 rings (SSSR count). The molecule has 2 aromatic carbocycles. The predicted octanol–water partition coefficient (Wildman–Crippen LogP) is 2.97. The van der Waals surface area contributed by atoms with E-state index in [-0.39, 0.29) is 53.9 Å². The highest BCUT2D eigenvalue weighted by molar-refractivity contribution is 6.06. The minimum Gasteiger partial charge on any atom is -0.278 e. The van der Waals surface area contributed by atoms with Gasteiger partial charge in [-0.15, -0.1) is 0 Å². The van der Waals surface area contributed by atoms with Crippen LogP contribution >= 0.6 is 0 Å². The maximum atomic E-state index is 13.3. The van der Waals surface area contributed by atoms with E-state index in [4.69, 9.17) is 0 Å². The van der Waals surface area contributed by atoms with Gasteiger partial charge in [-0.2, -0.15) is 5.11 Å². The normalized spacial score (nSPS) is 32.6. The molecule has 2 heterocycles. The number of hydrogen-bond donors (Lipinski definition) is 0. The second kappa shape index (κ2) is 6.44. The first-order valence-corrected chi connectivity index (χ1v) is 10.4. The lowest BCUT2D eigenvalue weighted by atomic mass is 9.76. The summed E-state index contributed by atoms with van der Waals surface area (Å²) in [5.41, 5.74) is 1.25. The van der Waals surface area contributed by atoms with Gasteiger partial charge in [0.15, 0.2) is 0 Å². The minimum atomic E-state index is -0.431. The van der Waals surface area contributed by atoms with Crippen molar-refractivity contribution in [3.8, 4) is 0 Å². The fourth-order valence-corrected chi connectivity index (χ4v) is 6.09. The highest BCUT2D eigenvalue weighted by Crippen LogP contribution is 2.60. The summed E-state index contributed by atoms with van der Waals surface area (Å²) in [5, 5.41) is 21.8. The summed E-state index contributed by atoms with van der Waals surface area (Å²) < 4.78 is 0. The van der Waals surface area contributed by atoms with Crippen LogP contribution in [0.3, 0.4) is 0 Å². The first kappa shape index (κ1) is 18.2. The van der Waals surface area contributed by atoms with E-state index < -0.39 is 10.8 Å². The molecule has 9 heteroatoms. The molecular weight excluding hydrogens is 398 g/mol. The van der Waals surface area contributed by atoms with E-state index in [1.54, 1.807) is 23.2 Å². The molecule has 2 aliphatic heterocycles. The molecule has 2 aromatic rings. The lowest BCUT2D eigenvalue weighted by Crippen LogP contribution is -2.47. The topological polar surface area (TPSA) is 108 Å². The van der Waals surface area contributed by atoms with Crippen molar-refractivity contribution in [2.45, 2.75) is 25.0 Å². The number of imide groups is 1. The van der Waals surface area contributed by atoms with Gasteiger partial charge < -0.3 is 0 Å². The van der Waals surface area contributed by atoms with Crippen molar-refractivity contribution < 1.29 is 14.5 Å². The number of hydrogen-bond acceptors (Lipinski definition) is 7. The van der Waals surface area contributed by atoms with Crippen molar-refractivity contribution in [3.63, 3.8) is 0 Å². The third-order valence-electron chi connectivity index (χ3n) is 7.26. The number of likely N-dealkylation sites (tertiary alicyclic amines) is 1. The molecule has 2 amide bonds. The average molecular weight is 417 g/mol. The smallest absolute Gasteiger partial charge is 0.278 e. The summed E-state index contributed by atoms with van der Waals surface area (Å²) in [7, 11) is 0. The van der Waals surface area contributed by atoms with Crippen molar-refractivity contribution in [2.75, 3.05) is 5.01 Å². The molecule has 2 saturated carbocycles. The molecule has 31 heavy (non-hydrogen) atoms.